The topological polar surface area (TPSA) is 277 Å². The van der Waals surface area contributed by atoms with E-state index in [0.29, 0.717) is 66.3 Å². The van der Waals surface area contributed by atoms with Gasteiger partial charge in [0.15, 0.2) is 0 Å². The summed E-state index contributed by atoms with van der Waals surface area (Å²) in [5.41, 5.74) is 13.4. The Balaban J connectivity index is 1.23. The van der Waals surface area contributed by atoms with Crippen LogP contribution in [0.3, 0.4) is 0 Å². The zero-order valence-corrected chi connectivity index (χ0v) is 28.0. The molecule has 2 fully saturated rings. The quantitative estimate of drug-likeness (QED) is 0.0336. The molecule has 4 heterocycles. The summed E-state index contributed by atoms with van der Waals surface area (Å²) >= 11 is 0.692. The lowest BCUT2D eigenvalue weighted by Crippen LogP contribution is -2.44. The zero-order valence-electron chi connectivity index (χ0n) is 26.4. The van der Waals surface area contributed by atoms with Gasteiger partial charge in [0.1, 0.15) is 4.90 Å². The predicted octanol–water partition coefficient (Wildman–Crippen LogP) is 1.37. The number of nitrogen functional groups attached to an aromatic ring is 2. The molecule has 0 unspecified atom stereocenters. The summed E-state index contributed by atoms with van der Waals surface area (Å²) in [5.74, 6) is 1.21. The Morgan fingerprint density at radius 3 is 1.78 bits per heavy atom. The monoisotopic (exact) mass is 726 g/mol. The van der Waals surface area contributed by atoms with Gasteiger partial charge in [-0.15, -0.1) is 4.33 Å². The summed E-state index contributed by atoms with van der Waals surface area (Å²) < 4.78 is 39.8. The summed E-state index contributed by atoms with van der Waals surface area (Å²) in [6.45, 7) is 5.90. The SMILES string of the molecule is Nc1nc(Nc2ccc(C=Cc3ccc(Nc4nc(N)nc(N5CCNCC5)n4)cc3S(=O)(=O)O)c(SOOO)c2)nc(N2CCNCC2)n1. The second kappa shape index (κ2) is 15.7. The Kier molecular flexibility index (Phi) is 11.0. The van der Waals surface area contributed by atoms with Gasteiger partial charge in [-0.2, -0.15) is 38.3 Å². The lowest BCUT2D eigenvalue weighted by molar-refractivity contribution is -0.432. The zero-order chi connectivity index (χ0) is 35.1. The van der Waals surface area contributed by atoms with E-state index in [9.17, 15) is 13.0 Å². The highest BCUT2D eigenvalue weighted by molar-refractivity contribution is 7.94. The van der Waals surface area contributed by atoms with Crippen molar-refractivity contribution in [3.05, 3.63) is 47.5 Å². The number of nitrogens with two attached hydrogens (primary N) is 2. The summed E-state index contributed by atoms with van der Waals surface area (Å²) in [5, 5.41) is 25.2. The first-order valence-electron chi connectivity index (χ1n) is 15.2. The third kappa shape index (κ3) is 8.99. The maximum absolute atomic E-state index is 12.5. The molecule has 2 aliphatic rings. The van der Waals surface area contributed by atoms with Crippen molar-refractivity contribution in [2.45, 2.75) is 9.79 Å². The molecule has 2 saturated heterocycles. The van der Waals surface area contributed by atoms with E-state index in [1.165, 1.54) is 18.2 Å². The Morgan fingerprint density at radius 2 is 1.26 bits per heavy atom. The molecule has 0 bridgehead atoms. The van der Waals surface area contributed by atoms with Crippen LogP contribution in [0.15, 0.2) is 46.2 Å². The van der Waals surface area contributed by atoms with Gasteiger partial charge in [0.25, 0.3) is 10.1 Å². The van der Waals surface area contributed by atoms with Crippen molar-refractivity contribution in [2.24, 2.45) is 0 Å². The van der Waals surface area contributed by atoms with Crippen LogP contribution in [0.5, 0.6) is 0 Å². The highest BCUT2D eigenvalue weighted by Crippen LogP contribution is 2.31. The third-order valence-corrected chi connectivity index (χ3v) is 9.07. The Bertz CT molecular complexity index is 1960. The van der Waals surface area contributed by atoms with Crippen LogP contribution in [0.25, 0.3) is 12.2 Å². The molecule has 0 saturated carbocycles. The number of anilines is 8. The van der Waals surface area contributed by atoms with Crippen LogP contribution in [0.1, 0.15) is 11.1 Å². The number of benzene rings is 2. The van der Waals surface area contributed by atoms with Crippen LogP contribution >= 0.6 is 12.0 Å². The minimum absolute atomic E-state index is 0.00605. The van der Waals surface area contributed by atoms with Gasteiger partial charge in [-0.25, -0.2) is 5.26 Å². The van der Waals surface area contributed by atoms with Crippen LogP contribution in [0, 0.1) is 0 Å². The van der Waals surface area contributed by atoms with Crippen LogP contribution in [0.4, 0.5) is 47.1 Å². The van der Waals surface area contributed by atoms with E-state index >= 15 is 0 Å². The van der Waals surface area contributed by atoms with E-state index in [-0.39, 0.29) is 39.9 Å². The van der Waals surface area contributed by atoms with Gasteiger partial charge >= 0.3 is 0 Å². The molecule has 0 amide bonds. The van der Waals surface area contributed by atoms with Crippen molar-refractivity contribution in [2.75, 3.05) is 84.3 Å². The molecule has 264 valence electrons. The minimum atomic E-state index is -4.68. The maximum Gasteiger partial charge on any atom is 0.295 e. The van der Waals surface area contributed by atoms with E-state index in [1.807, 2.05) is 9.80 Å². The van der Waals surface area contributed by atoms with E-state index in [1.54, 1.807) is 30.3 Å². The average molecular weight is 727 g/mol. The predicted molar refractivity (Wildman–Crippen MR) is 187 cm³/mol. The number of piperazine rings is 2. The summed E-state index contributed by atoms with van der Waals surface area (Å²) in [7, 11) is -4.68. The molecule has 0 atom stereocenters. The normalized spacial score (nSPS) is 15.4. The van der Waals surface area contributed by atoms with Gasteiger partial charge in [0, 0.05) is 68.6 Å². The van der Waals surface area contributed by atoms with Gasteiger partial charge in [0.2, 0.25) is 35.7 Å². The molecule has 22 heteroatoms. The molecule has 0 aliphatic carbocycles. The number of aromatic nitrogens is 6. The molecule has 4 aromatic rings. The first-order valence-corrected chi connectivity index (χ1v) is 17.4. The van der Waals surface area contributed by atoms with Crippen LogP contribution in [0.2, 0.25) is 0 Å². The molecule has 2 aromatic carbocycles. The van der Waals surface area contributed by atoms with Gasteiger partial charge in [-0.3, -0.25) is 4.55 Å². The van der Waals surface area contributed by atoms with Crippen LogP contribution in [-0.4, -0.2) is 100 Å². The van der Waals surface area contributed by atoms with Gasteiger partial charge in [-0.1, -0.05) is 29.3 Å². The maximum atomic E-state index is 12.5. The second-order valence-electron chi connectivity index (χ2n) is 10.9. The van der Waals surface area contributed by atoms with Gasteiger partial charge in [-0.05, 0) is 35.4 Å². The number of hydrogen-bond acceptors (Lipinski definition) is 20. The highest BCUT2D eigenvalue weighted by Gasteiger charge is 2.19. The second-order valence-corrected chi connectivity index (χ2v) is 13.0. The fraction of sp³-hybridized carbons (Fsp3) is 0.286. The number of rotatable bonds is 12. The van der Waals surface area contributed by atoms with Gasteiger partial charge in [0.05, 0.1) is 12.0 Å². The van der Waals surface area contributed by atoms with Crippen LogP contribution < -0.4 is 42.5 Å². The van der Waals surface area contributed by atoms with Crippen molar-refractivity contribution < 1.29 is 27.6 Å². The first kappa shape index (κ1) is 34.9. The van der Waals surface area contributed by atoms with Crippen molar-refractivity contribution in [3.63, 3.8) is 0 Å². The standard InChI is InChI=1S/C28H34N14O6S2/c29-23-35-25(39-27(37-23)41-11-7-31-8-12-41)33-19-5-3-17(21(15-19)49-48-47-43)1-2-18-4-6-20(16-22(18)50(44,45)46)34-26-36-24(30)38-28(40-26)42-13-9-32-10-14-42/h1-6,15-16,31-32,43H,7-14H2,(H,44,45,46)(H3,29,33,35,37,39)(H3,30,34,36,38,40). The number of nitrogens with zero attached hydrogens (tertiary/aromatic N) is 8. The van der Waals surface area contributed by atoms with Gasteiger partial charge < -0.3 is 42.5 Å². The molecule has 6 rings (SSSR count). The molecule has 10 N–H and O–H groups in total. The molecule has 2 aromatic heterocycles. The Hall–Kier alpha value is -4.94. The Morgan fingerprint density at radius 1 is 0.760 bits per heavy atom. The largest absolute Gasteiger partial charge is 0.368 e. The molecular weight excluding hydrogens is 693 g/mol. The summed E-state index contributed by atoms with van der Waals surface area (Å²) in [4.78, 5) is 29.7. The third-order valence-electron chi connectivity index (χ3n) is 7.50. The minimum Gasteiger partial charge on any atom is -0.368 e. The number of nitrogens with one attached hydrogen (secondary N) is 4. The van der Waals surface area contributed by atoms with E-state index in [4.69, 9.17) is 21.1 Å². The molecule has 0 spiro atoms. The molecule has 50 heavy (non-hydrogen) atoms. The van der Waals surface area contributed by atoms with E-state index < -0.39 is 10.1 Å². The molecule has 0 radical (unpaired) electrons. The molecule has 20 nitrogen and oxygen atoms in total. The summed E-state index contributed by atoms with van der Waals surface area (Å²) in [6, 6.07) is 9.44. The Labute approximate surface area is 290 Å². The van der Waals surface area contributed by atoms with Crippen molar-refractivity contribution in [3.8, 4) is 0 Å². The van der Waals surface area contributed by atoms with Crippen LogP contribution in [-0.2, 0) is 19.5 Å². The van der Waals surface area contributed by atoms with Crippen molar-refractivity contribution in [1.29, 1.82) is 0 Å². The molecular formula is C28H34N14O6S2. The number of hydrogen-bond donors (Lipinski definition) is 8. The first-order chi connectivity index (χ1) is 24.1. The van der Waals surface area contributed by atoms with E-state index in [0.717, 1.165) is 26.2 Å². The van der Waals surface area contributed by atoms with Crippen molar-refractivity contribution in [1.82, 2.24) is 40.5 Å². The fourth-order valence-electron chi connectivity index (χ4n) is 5.17. The highest BCUT2D eigenvalue weighted by atomic mass is 32.2. The molecule has 2 aliphatic heterocycles. The average Bonchev–Trinajstić information content (AvgIpc) is 3.10. The summed E-state index contributed by atoms with van der Waals surface area (Å²) in [6.07, 6.45) is 3.09. The fourth-order valence-corrected chi connectivity index (χ4v) is 6.39. The van der Waals surface area contributed by atoms with Crippen molar-refractivity contribution >= 4 is 81.4 Å². The lowest BCUT2D eigenvalue weighted by Gasteiger charge is -2.27. The lowest BCUT2D eigenvalue weighted by atomic mass is 10.1. The smallest absolute Gasteiger partial charge is 0.295 e. The van der Waals surface area contributed by atoms with E-state index in [2.05, 4.69) is 56.2 Å².